The molecule has 26 heavy (non-hydrogen) atoms. The van der Waals surface area contributed by atoms with E-state index in [2.05, 4.69) is 32.7 Å². The fraction of sp³-hybridized carbons (Fsp3) is 0.444. The molecule has 140 valence electrons. The van der Waals surface area contributed by atoms with E-state index >= 15 is 0 Å². The molecule has 0 bridgehead atoms. The van der Waals surface area contributed by atoms with Gasteiger partial charge in [0.25, 0.3) is 0 Å². The molecular formula is C18H25N5O2S. The van der Waals surface area contributed by atoms with Gasteiger partial charge >= 0.3 is 0 Å². The molecule has 1 unspecified atom stereocenters. The highest BCUT2D eigenvalue weighted by Crippen LogP contribution is 2.22. The number of rotatable bonds is 4. The molecule has 7 nitrogen and oxygen atoms in total. The Morgan fingerprint density at radius 2 is 2.12 bits per heavy atom. The van der Waals surface area contributed by atoms with Gasteiger partial charge < -0.3 is 15.5 Å². The van der Waals surface area contributed by atoms with Gasteiger partial charge in [-0.2, -0.15) is 0 Å². The van der Waals surface area contributed by atoms with E-state index in [1.54, 1.807) is 7.05 Å². The van der Waals surface area contributed by atoms with Crippen LogP contribution in [0.15, 0.2) is 35.3 Å². The van der Waals surface area contributed by atoms with Crippen molar-refractivity contribution in [2.75, 3.05) is 37.5 Å². The van der Waals surface area contributed by atoms with Crippen molar-refractivity contribution in [3.8, 4) is 0 Å². The Hall–Kier alpha value is -2.35. The van der Waals surface area contributed by atoms with Crippen molar-refractivity contribution in [1.82, 2.24) is 15.6 Å². The maximum absolute atomic E-state index is 11.6. The summed E-state index contributed by atoms with van der Waals surface area (Å²) in [6, 6.07) is 10.0. The third-order valence-electron chi connectivity index (χ3n) is 4.49. The second-order valence-electron chi connectivity index (χ2n) is 6.72. The first-order chi connectivity index (χ1) is 12.4. The highest BCUT2D eigenvalue weighted by molar-refractivity contribution is 7.91. The van der Waals surface area contributed by atoms with Gasteiger partial charge in [0.2, 0.25) is 0 Å². The van der Waals surface area contributed by atoms with E-state index in [1.165, 1.54) is 0 Å². The van der Waals surface area contributed by atoms with Gasteiger partial charge in [-0.3, -0.25) is 4.99 Å². The number of benzene rings is 1. The summed E-state index contributed by atoms with van der Waals surface area (Å²) in [5, 5.41) is 7.59. The molecule has 1 aromatic heterocycles. The lowest BCUT2D eigenvalue weighted by Crippen LogP contribution is -2.43. The molecule has 0 spiro atoms. The molecule has 1 aliphatic heterocycles. The molecule has 2 N–H and O–H groups in total. The summed E-state index contributed by atoms with van der Waals surface area (Å²) in [6.45, 7) is 0.572. The summed E-state index contributed by atoms with van der Waals surface area (Å²) in [4.78, 5) is 10.9. The summed E-state index contributed by atoms with van der Waals surface area (Å²) in [7, 11) is 2.70. The maximum Gasteiger partial charge on any atom is 0.191 e. The predicted octanol–water partition coefficient (Wildman–Crippen LogP) is 1.15. The minimum Gasteiger partial charge on any atom is -0.363 e. The number of hydrogen-bond donors (Lipinski definition) is 2. The number of sulfone groups is 1. The number of guanidine groups is 1. The van der Waals surface area contributed by atoms with Gasteiger partial charge in [-0.05, 0) is 24.1 Å². The van der Waals surface area contributed by atoms with Gasteiger partial charge in [0.15, 0.2) is 15.8 Å². The molecular weight excluding hydrogens is 350 g/mol. The molecule has 2 aromatic rings. The van der Waals surface area contributed by atoms with Crippen molar-refractivity contribution in [3.05, 3.63) is 35.9 Å². The number of hydrogen-bond acceptors (Lipinski definition) is 5. The van der Waals surface area contributed by atoms with Crippen LogP contribution in [0.4, 0.5) is 5.82 Å². The Bertz CT molecular complexity index is 924. The summed E-state index contributed by atoms with van der Waals surface area (Å²) in [5.41, 5.74) is 2.06. The zero-order valence-electron chi connectivity index (χ0n) is 15.4. The van der Waals surface area contributed by atoms with Gasteiger partial charge in [0.05, 0.1) is 17.0 Å². The number of nitrogens with one attached hydrogen (secondary N) is 2. The first-order valence-electron chi connectivity index (χ1n) is 8.61. The smallest absolute Gasteiger partial charge is 0.191 e. The predicted molar refractivity (Wildman–Crippen MR) is 106 cm³/mol. The third kappa shape index (κ3) is 4.24. The van der Waals surface area contributed by atoms with Crippen LogP contribution in [0.5, 0.6) is 0 Å². The molecule has 1 aliphatic rings. The maximum atomic E-state index is 11.6. The number of nitrogens with zero attached hydrogens (tertiary/aromatic N) is 3. The van der Waals surface area contributed by atoms with Crippen LogP contribution < -0.4 is 15.5 Å². The summed E-state index contributed by atoms with van der Waals surface area (Å²) < 4.78 is 23.3. The molecule has 0 saturated carbocycles. The SMILES string of the molecule is CN=C(NCc1cc(N(C)C)nc2ccccc12)NC1CCS(=O)(=O)C1. The van der Waals surface area contributed by atoms with Crippen molar-refractivity contribution in [2.24, 2.45) is 4.99 Å². The van der Waals surface area contributed by atoms with E-state index in [0.29, 0.717) is 18.9 Å². The lowest BCUT2D eigenvalue weighted by Gasteiger charge is -2.18. The van der Waals surface area contributed by atoms with E-state index in [1.807, 2.05) is 37.2 Å². The van der Waals surface area contributed by atoms with E-state index < -0.39 is 9.84 Å². The summed E-state index contributed by atoms with van der Waals surface area (Å²) in [5.74, 6) is 1.91. The van der Waals surface area contributed by atoms with Gasteiger partial charge in [-0.15, -0.1) is 0 Å². The van der Waals surface area contributed by atoms with Crippen molar-refractivity contribution in [2.45, 2.75) is 19.0 Å². The number of anilines is 1. The van der Waals surface area contributed by atoms with E-state index in [-0.39, 0.29) is 17.5 Å². The van der Waals surface area contributed by atoms with E-state index in [9.17, 15) is 8.42 Å². The van der Waals surface area contributed by atoms with Crippen LogP contribution in [0, 0.1) is 0 Å². The molecule has 8 heteroatoms. The normalized spacial score (nSPS) is 19.5. The number of fused-ring (bicyclic) bond motifs is 1. The standard InChI is InChI=1S/C18H25N5O2S/c1-19-18(21-14-8-9-26(24,25)12-14)20-11-13-10-17(23(2)3)22-16-7-5-4-6-15(13)16/h4-7,10,14H,8-9,11-12H2,1-3H3,(H2,19,20,21). The molecule has 0 aliphatic carbocycles. The highest BCUT2D eigenvalue weighted by atomic mass is 32.2. The van der Waals surface area contributed by atoms with Gasteiger partial charge in [0.1, 0.15) is 5.82 Å². The van der Waals surface area contributed by atoms with Crippen LogP contribution in [-0.2, 0) is 16.4 Å². The Morgan fingerprint density at radius 1 is 1.35 bits per heavy atom. The number of para-hydroxylation sites is 1. The second-order valence-corrected chi connectivity index (χ2v) is 8.95. The monoisotopic (exact) mass is 375 g/mol. The molecule has 1 fully saturated rings. The summed E-state index contributed by atoms with van der Waals surface area (Å²) >= 11 is 0. The average Bonchev–Trinajstić information content (AvgIpc) is 2.96. The summed E-state index contributed by atoms with van der Waals surface area (Å²) in [6.07, 6.45) is 0.617. The lowest BCUT2D eigenvalue weighted by atomic mass is 10.1. The molecule has 0 amide bonds. The molecule has 1 aromatic carbocycles. The highest BCUT2D eigenvalue weighted by Gasteiger charge is 2.28. The fourth-order valence-corrected chi connectivity index (χ4v) is 4.76. The zero-order chi connectivity index (χ0) is 18.7. The van der Waals surface area contributed by atoms with Crippen molar-refractivity contribution in [3.63, 3.8) is 0 Å². The molecule has 1 atom stereocenters. The van der Waals surface area contributed by atoms with Crippen LogP contribution in [0.3, 0.4) is 0 Å². The molecule has 1 saturated heterocycles. The van der Waals surface area contributed by atoms with Crippen molar-refractivity contribution in [1.29, 1.82) is 0 Å². The van der Waals surface area contributed by atoms with Crippen LogP contribution >= 0.6 is 0 Å². The fourth-order valence-electron chi connectivity index (χ4n) is 3.08. The Kier molecular flexibility index (Phi) is 5.31. The van der Waals surface area contributed by atoms with Crippen LogP contribution in [0.25, 0.3) is 10.9 Å². The number of pyridine rings is 1. The first-order valence-corrected chi connectivity index (χ1v) is 10.4. The van der Waals surface area contributed by atoms with Crippen LogP contribution in [0.1, 0.15) is 12.0 Å². The molecule has 2 heterocycles. The van der Waals surface area contributed by atoms with Gasteiger partial charge in [0, 0.05) is 39.1 Å². The molecule has 0 radical (unpaired) electrons. The minimum absolute atomic E-state index is 0.0854. The van der Waals surface area contributed by atoms with Crippen LogP contribution in [-0.4, -0.2) is 58.1 Å². The molecule has 3 rings (SSSR count). The van der Waals surface area contributed by atoms with Crippen molar-refractivity contribution < 1.29 is 8.42 Å². The zero-order valence-corrected chi connectivity index (χ0v) is 16.2. The van der Waals surface area contributed by atoms with Gasteiger partial charge in [-0.1, -0.05) is 18.2 Å². The van der Waals surface area contributed by atoms with Gasteiger partial charge in [-0.25, -0.2) is 13.4 Å². The van der Waals surface area contributed by atoms with E-state index in [4.69, 9.17) is 0 Å². The van der Waals surface area contributed by atoms with E-state index in [0.717, 1.165) is 22.3 Å². The number of aromatic nitrogens is 1. The second kappa shape index (κ2) is 7.49. The minimum atomic E-state index is -2.92. The quantitative estimate of drug-likeness (QED) is 0.616. The largest absolute Gasteiger partial charge is 0.363 e. The Labute approximate surface area is 154 Å². The first kappa shape index (κ1) is 18.4. The Morgan fingerprint density at radius 3 is 2.77 bits per heavy atom. The van der Waals surface area contributed by atoms with Crippen LogP contribution in [0.2, 0.25) is 0 Å². The Balaban J connectivity index is 1.76. The topological polar surface area (TPSA) is 86.7 Å². The van der Waals surface area contributed by atoms with Crippen molar-refractivity contribution >= 4 is 32.5 Å². The third-order valence-corrected chi connectivity index (χ3v) is 6.26. The lowest BCUT2D eigenvalue weighted by molar-refractivity contribution is 0.599. The average molecular weight is 375 g/mol. The number of aliphatic imine (C=N–C) groups is 1.